The Kier molecular flexibility index (Phi) is 5.41. The maximum atomic E-state index is 12.8. The summed E-state index contributed by atoms with van der Waals surface area (Å²) in [4.78, 5) is 0.268. The van der Waals surface area contributed by atoms with Crippen LogP contribution in [0.2, 0.25) is 0 Å². The van der Waals surface area contributed by atoms with Gasteiger partial charge in [-0.2, -0.15) is 16.1 Å². The number of aliphatic hydroxyl groups is 1. The first-order valence-electron chi connectivity index (χ1n) is 6.80. The highest BCUT2D eigenvalue weighted by Crippen LogP contribution is 2.33. The van der Waals surface area contributed by atoms with Crippen LogP contribution in [0, 0.1) is 0 Å². The third kappa shape index (κ3) is 4.01. The molecule has 0 aromatic heterocycles. The Balaban J connectivity index is 2.29. The van der Waals surface area contributed by atoms with E-state index in [1.165, 1.54) is 0 Å². The molecule has 0 amide bonds. The van der Waals surface area contributed by atoms with Gasteiger partial charge < -0.3 is 5.11 Å². The summed E-state index contributed by atoms with van der Waals surface area (Å²) in [6, 6.07) is 4.87. The van der Waals surface area contributed by atoms with E-state index < -0.39 is 10.0 Å². The Morgan fingerprint density at radius 3 is 2.71 bits per heavy atom. The molecule has 0 atom stereocenters. The van der Waals surface area contributed by atoms with E-state index in [0.717, 1.165) is 12.2 Å². The molecule has 1 heterocycles. The summed E-state index contributed by atoms with van der Waals surface area (Å²) in [5.41, 5.74) is 0.688. The summed E-state index contributed by atoms with van der Waals surface area (Å²) in [5, 5.41) is 9.12. The Morgan fingerprint density at radius 2 is 2.10 bits per heavy atom. The summed E-state index contributed by atoms with van der Waals surface area (Å²) in [6.07, 6.45) is 0.837. The van der Waals surface area contributed by atoms with Crippen LogP contribution in [-0.2, 0) is 16.6 Å². The Hall–Kier alpha value is -0.0800. The third-order valence-corrected chi connectivity index (χ3v) is 7.84. The first-order valence-corrected chi connectivity index (χ1v) is 10.0. The lowest BCUT2D eigenvalue weighted by Crippen LogP contribution is -2.33. The Morgan fingerprint density at radius 1 is 1.38 bits per heavy atom. The van der Waals surface area contributed by atoms with E-state index >= 15 is 0 Å². The molecule has 4 nitrogen and oxygen atoms in total. The zero-order valence-electron chi connectivity index (χ0n) is 12.2. The van der Waals surface area contributed by atoms with Crippen LogP contribution in [0.1, 0.15) is 25.8 Å². The molecule has 0 aliphatic carbocycles. The van der Waals surface area contributed by atoms with Gasteiger partial charge in [0.05, 0.1) is 11.5 Å². The van der Waals surface area contributed by atoms with Gasteiger partial charge in [-0.05, 0) is 40.0 Å². The molecule has 1 aliphatic heterocycles. The van der Waals surface area contributed by atoms with Crippen LogP contribution in [-0.4, -0.2) is 41.4 Å². The van der Waals surface area contributed by atoms with Gasteiger partial charge in [-0.15, -0.1) is 0 Å². The standard InChI is InChI=1S/C14H20BrNO3S2/c1-14(2)5-6-16(7-8-20-14)21(18,19)13-4-3-11(10-17)9-12(13)15/h3-4,9,17H,5-8,10H2,1-2H3. The number of sulfonamides is 1. The average molecular weight is 394 g/mol. The fraction of sp³-hybridized carbons (Fsp3) is 0.571. The minimum atomic E-state index is -3.50. The number of benzene rings is 1. The topological polar surface area (TPSA) is 57.6 Å². The maximum Gasteiger partial charge on any atom is 0.244 e. The maximum absolute atomic E-state index is 12.8. The fourth-order valence-corrected chi connectivity index (χ4v) is 5.98. The van der Waals surface area contributed by atoms with E-state index in [9.17, 15) is 8.42 Å². The molecule has 21 heavy (non-hydrogen) atoms. The highest BCUT2D eigenvalue weighted by molar-refractivity contribution is 9.10. The van der Waals surface area contributed by atoms with Crippen LogP contribution in [0.15, 0.2) is 27.6 Å². The van der Waals surface area contributed by atoms with E-state index in [1.807, 2.05) is 11.8 Å². The predicted octanol–water partition coefficient (Wildman–Crippen LogP) is 2.85. The van der Waals surface area contributed by atoms with Crippen molar-refractivity contribution in [2.45, 2.75) is 36.5 Å². The third-order valence-electron chi connectivity index (χ3n) is 3.59. The van der Waals surface area contributed by atoms with Crippen molar-refractivity contribution in [3.63, 3.8) is 0 Å². The average Bonchev–Trinajstić information content (AvgIpc) is 2.59. The molecular weight excluding hydrogens is 374 g/mol. The molecule has 118 valence electrons. The lowest BCUT2D eigenvalue weighted by molar-refractivity contribution is 0.281. The molecule has 1 saturated heterocycles. The zero-order chi connectivity index (χ0) is 15.7. The van der Waals surface area contributed by atoms with E-state index in [0.29, 0.717) is 23.1 Å². The quantitative estimate of drug-likeness (QED) is 0.857. The molecule has 0 saturated carbocycles. The molecule has 1 aromatic carbocycles. The number of halogens is 1. The number of rotatable bonds is 3. The van der Waals surface area contributed by atoms with Crippen molar-refractivity contribution in [3.8, 4) is 0 Å². The van der Waals surface area contributed by atoms with Gasteiger partial charge in [0.25, 0.3) is 0 Å². The molecule has 0 spiro atoms. The van der Waals surface area contributed by atoms with Crippen LogP contribution in [0.5, 0.6) is 0 Å². The summed E-state index contributed by atoms with van der Waals surface area (Å²) < 4.78 is 27.8. The van der Waals surface area contributed by atoms with E-state index in [1.54, 1.807) is 22.5 Å². The van der Waals surface area contributed by atoms with Crippen molar-refractivity contribution < 1.29 is 13.5 Å². The van der Waals surface area contributed by atoms with Gasteiger partial charge in [0.15, 0.2) is 0 Å². The molecule has 2 rings (SSSR count). The number of aliphatic hydroxyl groups excluding tert-OH is 1. The lowest BCUT2D eigenvalue weighted by atomic mass is 10.1. The number of hydrogen-bond acceptors (Lipinski definition) is 4. The molecule has 7 heteroatoms. The number of nitrogens with zero attached hydrogens (tertiary/aromatic N) is 1. The highest BCUT2D eigenvalue weighted by atomic mass is 79.9. The van der Waals surface area contributed by atoms with E-state index in [2.05, 4.69) is 29.8 Å². The van der Waals surface area contributed by atoms with Crippen LogP contribution < -0.4 is 0 Å². The van der Waals surface area contributed by atoms with Crippen molar-refractivity contribution in [2.75, 3.05) is 18.8 Å². The van der Waals surface area contributed by atoms with Crippen LogP contribution in [0.4, 0.5) is 0 Å². The second-order valence-corrected chi connectivity index (χ2v) is 10.2. The summed E-state index contributed by atoms with van der Waals surface area (Å²) >= 11 is 5.13. The van der Waals surface area contributed by atoms with Crippen molar-refractivity contribution in [3.05, 3.63) is 28.2 Å². The molecule has 1 aromatic rings. The highest BCUT2D eigenvalue weighted by Gasteiger charge is 2.31. The minimum absolute atomic E-state index is 0.104. The summed E-state index contributed by atoms with van der Waals surface area (Å²) in [7, 11) is -3.50. The minimum Gasteiger partial charge on any atom is -0.392 e. The first-order chi connectivity index (χ1) is 9.76. The van der Waals surface area contributed by atoms with Gasteiger partial charge in [0.2, 0.25) is 10.0 Å². The molecule has 1 fully saturated rings. The zero-order valence-corrected chi connectivity index (χ0v) is 15.4. The van der Waals surface area contributed by atoms with E-state index in [-0.39, 0.29) is 16.2 Å². The fourth-order valence-electron chi connectivity index (χ4n) is 2.23. The van der Waals surface area contributed by atoms with Gasteiger partial charge >= 0.3 is 0 Å². The lowest BCUT2D eigenvalue weighted by Gasteiger charge is -2.23. The van der Waals surface area contributed by atoms with Crippen LogP contribution in [0.25, 0.3) is 0 Å². The Labute approximate surface area is 139 Å². The summed E-state index contributed by atoms with van der Waals surface area (Å²) in [6.45, 7) is 5.27. The molecule has 1 aliphatic rings. The second-order valence-electron chi connectivity index (χ2n) is 5.69. The molecule has 1 N–H and O–H groups in total. The Bertz CT molecular complexity index is 617. The van der Waals surface area contributed by atoms with Crippen molar-refractivity contribution >= 4 is 37.7 Å². The van der Waals surface area contributed by atoms with Gasteiger partial charge in [0.1, 0.15) is 0 Å². The molecular formula is C14H20BrNO3S2. The van der Waals surface area contributed by atoms with Crippen molar-refractivity contribution in [2.24, 2.45) is 0 Å². The SMILES string of the molecule is CC1(C)CCN(S(=O)(=O)c2ccc(CO)cc2Br)CCS1. The van der Waals surface area contributed by atoms with Crippen molar-refractivity contribution in [1.82, 2.24) is 4.31 Å². The van der Waals surface area contributed by atoms with Gasteiger partial charge in [-0.1, -0.05) is 19.9 Å². The molecule has 0 radical (unpaired) electrons. The molecule has 0 bridgehead atoms. The molecule has 0 unspecified atom stereocenters. The normalized spacial score (nSPS) is 20.2. The smallest absolute Gasteiger partial charge is 0.244 e. The number of hydrogen-bond donors (Lipinski definition) is 1. The predicted molar refractivity (Wildman–Crippen MR) is 90.0 cm³/mol. The van der Waals surface area contributed by atoms with E-state index in [4.69, 9.17) is 5.11 Å². The van der Waals surface area contributed by atoms with Gasteiger partial charge in [-0.25, -0.2) is 8.42 Å². The second kappa shape index (κ2) is 6.58. The van der Waals surface area contributed by atoms with Crippen molar-refractivity contribution in [1.29, 1.82) is 0 Å². The van der Waals surface area contributed by atoms with Crippen LogP contribution >= 0.6 is 27.7 Å². The number of thioether (sulfide) groups is 1. The van der Waals surface area contributed by atoms with Gasteiger partial charge in [0, 0.05) is 28.1 Å². The summed E-state index contributed by atoms with van der Waals surface area (Å²) in [5.74, 6) is 0.804. The van der Waals surface area contributed by atoms with Gasteiger partial charge in [-0.3, -0.25) is 0 Å². The largest absolute Gasteiger partial charge is 0.392 e. The monoisotopic (exact) mass is 393 g/mol. The first kappa shape index (κ1) is 17.3. The van der Waals surface area contributed by atoms with Crippen LogP contribution in [0.3, 0.4) is 0 Å².